The van der Waals surface area contributed by atoms with E-state index >= 15 is 0 Å². The lowest BCUT2D eigenvalue weighted by Gasteiger charge is -2.10. The second kappa shape index (κ2) is 9.36. The van der Waals surface area contributed by atoms with Crippen LogP contribution in [0.5, 0.6) is 5.75 Å². The van der Waals surface area contributed by atoms with Crippen LogP contribution in [-0.4, -0.2) is 36.7 Å². The predicted octanol–water partition coefficient (Wildman–Crippen LogP) is 1.67. The summed E-state index contributed by atoms with van der Waals surface area (Å²) in [6, 6.07) is 5.27. The van der Waals surface area contributed by atoms with Gasteiger partial charge in [-0.15, -0.1) is 0 Å². The molecule has 116 valence electrons. The van der Waals surface area contributed by atoms with Crippen LogP contribution < -0.4 is 15.4 Å². The van der Waals surface area contributed by atoms with E-state index in [1.165, 1.54) is 6.92 Å². The van der Waals surface area contributed by atoms with Crippen LogP contribution in [0, 0.1) is 0 Å². The molecule has 0 aliphatic carbocycles. The monoisotopic (exact) mass is 358 g/mol. The van der Waals surface area contributed by atoms with Gasteiger partial charge in [-0.2, -0.15) is 0 Å². The number of hydrogen-bond acceptors (Lipinski definition) is 4. The van der Waals surface area contributed by atoms with Crippen molar-refractivity contribution in [3.63, 3.8) is 0 Å². The van der Waals surface area contributed by atoms with E-state index in [1.807, 2.05) is 0 Å². The number of amides is 2. The number of carbonyl (C=O) groups is 2. The molecule has 0 unspecified atom stereocenters. The van der Waals surface area contributed by atoms with Gasteiger partial charge in [0.1, 0.15) is 5.75 Å². The van der Waals surface area contributed by atoms with Crippen LogP contribution in [0.3, 0.4) is 0 Å². The molecular formula is C14H19BrN2O4. The molecule has 0 saturated heterocycles. The van der Waals surface area contributed by atoms with E-state index in [2.05, 4.69) is 26.6 Å². The van der Waals surface area contributed by atoms with Crippen LogP contribution in [0.1, 0.15) is 19.8 Å². The fourth-order valence-corrected chi connectivity index (χ4v) is 1.95. The molecule has 1 aromatic carbocycles. The Morgan fingerprint density at radius 2 is 2.14 bits per heavy atom. The lowest BCUT2D eigenvalue weighted by atomic mass is 10.3. The van der Waals surface area contributed by atoms with E-state index in [4.69, 9.17) is 9.84 Å². The lowest BCUT2D eigenvalue weighted by molar-refractivity contribution is -0.121. The summed E-state index contributed by atoms with van der Waals surface area (Å²) in [7, 11) is 0. The van der Waals surface area contributed by atoms with Crippen LogP contribution in [0.25, 0.3) is 0 Å². The fourth-order valence-electron chi connectivity index (χ4n) is 1.59. The highest BCUT2D eigenvalue weighted by Crippen LogP contribution is 2.28. The fraction of sp³-hybridized carbons (Fsp3) is 0.429. The van der Waals surface area contributed by atoms with Gasteiger partial charge in [-0.05, 0) is 34.5 Å². The molecule has 0 atom stereocenters. The summed E-state index contributed by atoms with van der Waals surface area (Å²) < 4.78 is 6.37. The van der Waals surface area contributed by atoms with E-state index in [0.717, 1.165) is 4.47 Å². The Hall–Kier alpha value is -1.60. The molecule has 21 heavy (non-hydrogen) atoms. The number of benzene rings is 1. The molecule has 0 saturated carbocycles. The first-order valence-electron chi connectivity index (χ1n) is 6.60. The van der Waals surface area contributed by atoms with Crippen molar-refractivity contribution in [1.82, 2.24) is 5.32 Å². The number of hydrogen-bond donors (Lipinski definition) is 3. The Balaban J connectivity index is 2.40. The van der Waals surface area contributed by atoms with Crippen LogP contribution >= 0.6 is 15.9 Å². The van der Waals surface area contributed by atoms with E-state index in [-0.39, 0.29) is 25.0 Å². The molecule has 7 heteroatoms. The van der Waals surface area contributed by atoms with E-state index in [9.17, 15) is 9.59 Å². The van der Waals surface area contributed by atoms with Gasteiger partial charge in [0.05, 0.1) is 17.7 Å². The van der Waals surface area contributed by atoms with Crippen LogP contribution in [-0.2, 0) is 9.59 Å². The summed E-state index contributed by atoms with van der Waals surface area (Å²) in [5, 5.41) is 13.8. The number of ether oxygens (including phenoxy) is 1. The average Bonchev–Trinajstić information content (AvgIpc) is 2.43. The molecule has 0 aromatic heterocycles. The zero-order valence-electron chi connectivity index (χ0n) is 11.8. The maximum atomic E-state index is 11.3. The van der Waals surface area contributed by atoms with Gasteiger partial charge >= 0.3 is 0 Å². The van der Waals surface area contributed by atoms with E-state index < -0.39 is 0 Å². The molecule has 0 aliphatic heterocycles. The van der Waals surface area contributed by atoms with Gasteiger partial charge in [0, 0.05) is 31.6 Å². The summed E-state index contributed by atoms with van der Waals surface area (Å²) in [5.74, 6) is 0.347. The summed E-state index contributed by atoms with van der Waals surface area (Å²) >= 11 is 3.37. The van der Waals surface area contributed by atoms with Gasteiger partial charge in [0.2, 0.25) is 11.8 Å². The predicted molar refractivity (Wildman–Crippen MR) is 83.3 cm³/mol. The molecule has 0 bridgehead atoms. The number of aliphatic hydroxyl groups is 1. The molecule has 0 aliphatic rings. The highest BCUT2D eigenvalue weighted by atomic mass is 79.9. The minimum Gasteiger partial charge on any atom is -0.492 e. The van der Waals surface area contributed by atoms with Crippen molar-refractivity contribution in [2.75, 3.05) is 25.1 Å². The second-order valence-corrected chi connectivity index (χ2v) is 5.21. The van der Waals surface area contributed by atoms with Crippen molar-refractivity contribution in [1.29, 1.82) is 0 Å². The van der Waals surface area contributed by atoms with Gasteiger partial charge in [-0.25, -0.2) is 0 Å². The normalized spacial score (nSPS) is 10.0. The van der Waals surface area contributed by atoms with Gasteiger partial charge < -0.3 is 20.5 Å². The maximum Gasteiger partial charge on any atom is 0.221 e. The first-order chi connectivity index (χ1) is 10.0. The second-order valence-electron chi connectivity index (χ2n) is 4.35. The smallest absolute Gasteiger partial charge is 0.221 e. The third kappa shape index (κ3) is 7.10. The first kappa shape index (κ1) is 17.5. The molecule has 0 radical (unpaired) electrons. The first-order valence-corrected chi connectivity index (χ1v) is 7.39. The van der Waals surface area contributed by atoms with Crippen LogP contribution in [0.4, 0.5) is 5.69 Å². The van der Waals surface area contributed by atoms with Crippen LogP contribution in [0.2, 0.25) is 0 Å². The molecule has 3 N–H and O–H groups in total. The van der Waals surface area contributed by atoms with E-state index in [0.29, 0.717) is 30.9 Å². The minimum absolute atomic E-state index is 0.0644. The van der Waals surface area contributed by atoms with Crippen LogP contribution in [0.15, 0.2) is 22.7 Å². The van der Waals surface area contributed by atoms with Gasteiger partial charge in [-0.1, -0.05) is 0 Å². The Morgan fingerprint density at radius 3 is 2.81 bits per heavy atom. The minimum atomic E-state index is -0.149. The number of carbonyl (C=O) groups excluding carboxylic acids is 2. The highest BCUT2D eigenvalue weighted by Gasteiger charge is 2.05. The third-order valence-corrected chi connectivity index (χ3v) is 3.15. The SMILES string of the molecule is CC(=O)Nc1ccc(Br)c(OCCCC(=O)NCCO)c1. The Labute approximate surface area is 132 Å². The molecule has 0 heterocycles. The third-order valence-electron chi connectivity index (χ3n) is 2.49. The van der Waals surface area contributed by atoms with Crippen molar-refractivity contribution >= 4 is 33.4 Å². The lowest BCUT2D eigenvalue weighted by Crippen LogP contribution is -2.26. The van der Waals surface area contributed by atoms with Gasteiger partial charge in [-0.3, -0.25) is 9.59 Å². The topological polar surface area (TPSA) is 87.7 Å². The molecular weight excluding hydrogens is 340 g/mol. The molecule has 0 spiro atoms. The maximum absolute atomic E-state index is 11.3. The number of anilines is 1. The zero-order chi connectivity index (χ0) is 15.7. The summed E-state index contributed by atoms with van der Waals surface area (Å²) in [6.07, 6.45) is 0.900. The van der Waals surface area contributed by atoms with E-state index in [1.54, 1.807) is 18.2 Å². The van der Waals surface area contributed by atoms with Crippen molar-refractivity contribution in [2.45, 2.75) is 19.8 Å². The van der Waals surface area contributed by atoms with Crippen molar-refractivity contribution in [2.24, 2.45) is 0 Å². The molecule has 6 nitrogen and oxygen atoms in total. The quantitative estimate of drug-likeness (QED) is 0.617. The molecule has 0 fully saturated rings. The van der Waals surface area contributed by atoms with Gasteiger partial charge in [0.25, 0.3) is 0 Å². The Kier molecular flexibility index (Phi) is 7.78. The van der Waals surface area contributed by atoms with Gasteiger partial charge in [0.15, 0.2) is 0 Å². The van der Waals surface area contributed by atoms with Crippen molar-refractivity contribution in [3.05, 3.63) is 22.7 Å². The van der Waals surface area contributed by atoms with Crippen molar-refractivity contribution < 1.29 is 19.4 Å². The zero-order valence-corrected chi connectivity index (χ0v) is 13.4. The standard InChI is InChI=1S/C14H19BrN2O4/c1-10(19)17-11-4-5-12(15)13(9-11)21-8-2-3-14(20)16-6-7-18/h4-5,9,18H,2-3,6-8H2,1H3,(H,16,20)(H,17,19). The molecule has 2 amide bonds. The Morgan fingerprint density at radius 1 is 1.38 bits per heavy atom. The summed E-state index contributed by atoms with van der Waals surface area (Å²) in [6.45, 7) is 2.03. The Bertz CT molecular complexity index is 494. The highest BCUT2D eigenvalue weighted by molar-refractivity contribution is 9.10. The number of rotatable bonds is 8. The number of aliphatic hydroxyl groups excluding tert-OH is 1. The summed E-state index contributed by atoms with van der Waals surface area (Å²) in [4.78, 5) is 22.3. The largest absolute Gasteiger partial charge is 0.492 e. The molecule has 1 aromatic rings. The summed E-state index contributed by atoms with van der Waals surface area (Å²) in [5.41, 5.74) is 0.654. The van der Waals surface area contributed by atoms with Crippen molar-refractivity contribution in [3.8, 4) is 5.75 Å². The molecule has 1 rings (SSSR count). The number of halogens is 1. The average molecular weight is 359 g/mol. The number of nitrogens with one attached hydrogen (secondary N) is 2.